The van der Waals surface area contributed by atoms with E-state index in [0.29, 0.717) is 51.6 Å². The number of aromatic nitrogens is 3. The van der Waals surface area contributed by atoms with Crippen molar-refractivity contribution in [2.45, 2.75) is 51.4 Å². The van der Waals surface area contributed by atoms with E-state index in [1.807, 2.05) is 12.1 Å². The molecule has 1 aliphatic rings. The summed E-state index contributed by atoms with van der Waals surface area (Å²) in [4.78, 5) is 37.8. The first-order valence-electron chi connectivity index (χ1n) is 14.3. The number of rotatable bonds is 12. The Bertz CT molecular complexity index is 1670. The lowest BCUT2D eigenvalue weighted by Gasteiger charge is -2.19. The standard InChI is InChI=1S/C32H35N5O6/c1-4-5-10-43-27-15-23-26(14-22(27)24-16-35-32(42-3)37-30(24)41-2)34-17-25(29(33)38)28(23)36-21-12-19(18-8-6-7-9-18)11-20(13-21)31(39)40/h11-18H,4-10H2,1-3H3,(H2,33,38)(H,34,36)(H,39,40). The van der Waals surface area contributed by atoms with Gasteiger partial charge in [0.05, 0.1) is 48.7 Å². The van der Waals surface area contributed by atoms with Crippen LogP contribution < -0.4 is 25.3 Å². The van der Waals surface area contributed by atoms with Gasteiger partial charge in [-0.3, -0.25) is 9.78 Å². The minimum absolute atomic E-state index is 0.158. The number of amides is 1. The van der Waals surface area contributed by atoms with Crippen LogP contribution in [-0.4, -0.2) is 52.8 Å². The third-order valence-corrected chi connectivity index (χ3v) is 7.69. The Kier molecular flexibility index (Phi) is 8.89. The number of unbranched alkanes of at least 4 members (excludes halogenated alkanes) is 1. The highest BCUT2D eigenvalue weighted by Gasteiger charge is 2.23. The van der Waals surface area contributed by atoms with Crippen LogP contribution in [0.2, 0.25) is 0 Å². The summed E-state index contributed by atoms with van der Waals surface area (Å²) >= 11 is 0. The lowest BCUT2D eigenvalue weighted by Crippen LogP contribution is -2.14. The normalized spacial score (nSPS) is 13.2. The van der Waals surface area contributed by atoms with Gasteiger partial charge in [0.2, 0.25) is 5.88 Å². The highest BCUT2D eigenvalue weighted by atomic mass is 16.5. The first-order chi connectivity index (χ1) is 20.8. The van der Waals surface area contributed by atoms with E-state index in [-0.39, 0.29) is 23.1 Å². The largest absolute Gasteiger partial charge is 0.493 e. The smallest absolute Gasteiger partial charge is 0.335 e. The topological polar surface area (TPSA) is 159 Å². The van der Waals surface area contributed by atoms with Crippen LogP contribution in [-0.2, 0) is 0 Å². The Labute approximate surface area is 249 Å². The first kappa shape index (κ1) is 29.6. The zero-order valence-electron chi connectivity index (χ0n) is 24.5. The number of benzene rings is 2. The fraction of sp³-hybridized carbons (Fsp3) is 0.344. The molecule has 0 spiro atoms. The Balaban J connectivity index is 1.69. The maximum Gasteiger partial charge on any atom is 0.335 e. The Morgan fingerprint density at radius 1 is 1.02 bits per heavy atom. The van der Waals surface area contributed by atoms with Crippen molar-refractivity contribution in [1.82, 2.24) is 15.0 Å². The molecule has 1 saturated carbocycles. The molecule has 11 heteroatoms. The van der Waals surface area contributed by atoms with E-state index in [0.717, 1.165) is 44.1 Å². The van der Waals surface area contributed by atoms with Crippen LogP contribution in [0.4, 0.5) is 11.4 Å². The average molecular weight is 586 g/mol. The molecule has 1 fully saturated rings. The van der Waals surface area contributed by atoms with E-state index >= 15 is 0 Å². The van der Waals surface area contributed by atoms with E-state index in [1.54, 1.807) is 24.4 Å². The number of methoxy groups -OCH3 is 2. The third kappa shape index (κ3) is 6.30. The molecule has 0 bridgehead atoms. The number of hydrogen-bond acceptors (Lipinski definition) is 9. The summed E-state index contributed by atoms with van der Waals surface area (Å²) in [6, 6.07) is 9.02. The third-order valence-electron chi connectivity index (χ3n) is 7.69. The van der Waals surface area contributed by atoms with Crippen LogP contribution in [0.5, 0.6) is 17.6 Å². The number of carbonyl (C=O) groups excluding carboxylic acids is 1. The second-order valence-corrected chi connectivity index (χ2v) is 10.5. The zero-order valence-corrected chi connectivity index (χ0v) is 24.5. The molecule has 0 saturated heterocycles. The summed E-state index contributed by atoms with van der Waals surface area (Å²) in [6.07, 6.45) is 9.00. The summed E-state index contributed by atoms with van der Waals surface area (Å²) in [5.41, 5.74) is 9.78. The number of nitrogens with two attached hydrogens (primary N) is 1. The molecule has 1 amide bonds. The molecule has 4 N–H and O–H groups in total. The van der Waals surface area contributed by atoms with Gasteiger partial charge in [-0.15, -0.1) is 0 Å². The highest BCUT2D eigenvalue weighted by Crippen LogP contribution is 2.42. The van der Waals surface area contributed by atoms with Crippen molar-refractivity contribution >= 4 is 34.2 Å². The van der Waals surface area contributed by atoms with E-state index in [1.165, 1.54) is 20.4 Å². The van der Waals surface area contributed by atoms with Gasteiger partial charge in [0.15, 0.2) is 0 Å². The summed E-state index contributed by atoms with van der Waals surface area (Å²) < 4.78 is 17.0. The number of ether oxygens (including phenoxy) is 3. The van der Waals surface area contributed by atoms with Crippen LogP contribution in [0.3, 0.4) is 0 Å². The summed E-state index contributed by atoms with van der Waals surface area (Å²) in [7, 11) is 2.98. The molecule has 1 aliphatic carbocycles. The van der Waals surface area contributed by atoms with Gasteiger partial charge in [-0.25, -0.2) is 9.78 Å². The maximum atomic E-state index is 12.6. The van der Waals surface area contributed by atoms with E-state index in [9.17, 15) is 14.7 Å². The number of fused-ring (bicyclic) bond motifs is 1. The molecule has 0 radical (unpaired) electrons. The number of pyridine rings is 1. The van der Waals surface area contributed by atoms with Crippen LogP contribution in [0.1, 0.15) is 77.6 Å². The molecule has 5 rings (SSSR count). The average Bonchev–Trinajstić information content (AvgIpc) is 3.56. The molecule has 2 heterocycles. The Morgan fingerprint density at radius 3 is 2.49 bits per heavy atom. The summed E-state index contributed by atoms with van der Waals surface area (Å²) in [5, 5.41) is 13.7. The van der Waals surface area contributed by atoms with Crippen molar-refractivity contribution in [3.63, 3.8) is 0 Å². The van der Waals surface area contributed by atoms with Gasteiger partial charge in [-0.1, -0.05) is 26.2 Å². The van der Waals surface area contributed by atoms with Crippen molar-refractivity contribution in [2.75, 3.05) is 26.1 Å². The van der Waals surface area contributed by atoms with E-state index in [2.05, 4.69) is 27.2 Å². The van der Waals surface area contributed by atoms with Gasteiger partial charge >= 0.3 is 12.0 Å². The van der Waals surface area contributed by atoms with Crippen molar-refractivity contribution in [2.24, 2.45) is 5.73 Å². The van der Waals surface area contributed by atoms with Crippen LogP contribution in [0, 0.1) is 0 Å². The maximum absolute atomic E-state index is 12.6. The summed E-state index contributed by atoms with van der Waals surface area (Å²) in [6.45, 7) is 2.52. The minimum Gasteiger partial charge on any atom is -0.493 e. The number of aromatic carboxylic acids is 1. The quantitative estimate of drug-likeness (QED) is 0.166. The lowest BCUT2D eigenvalue weighted by atomic mass is 9.95. The van der Waals surface area contributed by atoms with Gasteiger partial charge in [0, 0.05) is 29.0 Å². The number of hydrogen-bond donors (Lipinski definition) is 3. The first-order valence-corrected chi connectivity index (χ1v) is 14.3. The minimum atomic E-state index is -1.02. The zero-order chi connectivity index (χ0) is 30.5. The molecule has 4 aromatic rings. The number of carbonyl (C=O) groups is 2. The molecular weight excluding hydrogens is 550 g/mol. The van der Waals surface area contributed by atoms with Crippen molar-refractivity contribution < 1.29 is 28.9 Å². The molecular formula is C32H35N5O6. The fourth-order valence-electron chi connectivity index (χ4n) is 5.47. The van der Waals surface area contributed by atoms with Gasteiger partial charge in [-0.05, 0) is 61.1 Å². The van der Waals surface area contributed by atoms with E-state index in [4.69, 9.17) is 19.9 Å². The van der Waals surface area contributed by atoms with Gasteiger partial charge in [0.25, 0.3) is 5.91 Å². The predicted octanol–water partition coefficient (Wildman–Crippen LogP) is 6.09. The Morgan fingerprint density at radius 2 is 1.81 bits per heavy atom. The highest BCUT2D eigenvalue weighted by molar-refractivity contribution is 6.09. The predicted molar refractivity (Wildman–Crippen MR) is 163 cm³/mol. The van der Waals surface area contributed by atoms with Gasteiger partial charge < -0.3 is 30.4 Å². The van der Waals surface area contributed by atoms with E-state index < -0.39 is 11.9 Å². The molecule has 43 heavy (non-hydrogen) atoms. The number of primary amides is 1. The SMILES string of the molecule is CCCCOc1cc2c(Nc3cc(C(=O)O)cc(C4CCCC4)c3)c(C(N)=O)cnc2cc1-c1cnc(OC)nc1OC. The molecule has 0 aliphatic heterocycles. The molecule has 2 aromatic carbocycles. The number of nitrogens with zero attached hydrogens (tertiary/aromatic N) is 3. The Hall–Kier alpha value is -4.93. The molecule has 11 nitrogen and oxygen atoms in total. The molecule has 2 aromatic heterocycles. The van der Waals surface area contributed by atoms with Crippen molar-refractivity contribution in [3.05, 3.63) is 59.4 Å². The van der Waals surface area contributed by atoms with Crippen molar-refractivity contribution in [1.29, 1.82) is 0 Å². The second-order valence-electron chi connectivity index (χ2n) is 10.5. The number of carboxylic acid groups (broad SMARTS) is 1. The van der Waals surface area contributed by atoms with Crippen molar-refractivity contribution in [3.8, 4) is 28.8 Å². The second kappa shape index (κ2) is 12.9. The fourth-order valence-corrected chi connectivity index (χ4v) is 5.47. The van der Waals surface area contributed by atoms with Gasteiger partial charge in [-0.2, -0.15) is 4.98 Å². The molecule has 0 unspecified atom stereocenters. The van der Waals surface area contributed by atoms with Crippen LogP contribution in [0.25, 0.3) is 22.0 Å². The number of anilines is 2. The van der Waals surface area contributed by atoms with Gasteiger partial charge in [0.1, 0.15) is 5.75 Å². The lowest BCUT2D eigenvalue weighted by molar-refractivity contribution is 0.0696. The van der Waals surface area contributed by atoms with Crippen LogP contribution in [0.15, 0.2) is 42.7 Å². The number of carboxylic acids is 1. The molecule has 0 atom stereocenters. The monoisotopic (exact) mass is 585 g/mol. The van der Waals surface area contributed by atoms with Crippen LogP contribution >= 0.6 is 0 Å². The summed E-state index contributed by atoms with van der Waals surface area (Å²) in [5.74, 6) is -0.615. The number of nitrogens with one attached hydrogen (secondary N) is 1. The molecule has 224 valence electrons.